The highest BCUT2D eigenvalue weighted by atomic mass is 16.5. The number of benzene rings is 1. The molecule has 2 amide bonds. The number of hydrogen-bond acceptors (Lipinski definition) is 3. The van der Waals surface area contributed by atoms with Gasteiger partial charge < -0.3 is 20.5 Å². The molecule has 0 saturated carbocycles. The Morgan fingerprint density at radius 1 is 1.38 bits per heavy atom. The van der Waals surface area contributed by atoms with Gasteiger partial charge in [0, 0.05) is 18.3 Å². The predicted octanol–water partition coefficient (Wildman–Crippen LogP) is 2.38. The van der Waals surface area contributed by atoms with Gasteiger partial charge in [-0.1, -0.05) is 0 Å². The van der Waals surface area contributed by atoms with Crippen LogP contribution in [0.3, 0.4) is 0 Å². The summed E-state index contributed by atoms with van der Waals surface area (Å²) in [4.78, 5) is 22.8. The van der Waals surface area contributed by atoms with Gasteiger partial charge in [-0.15, -0.1) is 0 Å². The fourth-order valence-corrected chi connectivity index (χ4v) is 2.41. The molecule has 0 aromatic heterocycles. The van der Waals surface area contributed by atoms with E-state index >= 15 is 0 Å². The van der Waals surface area contributed by atoms with E-state index in [-0.39, 0.29) is 23.7 Å². The lowest BCUT2D eigenvalue weighted by Crippen LogP contribution is -2.43. The Balaban J connectivity index is 1.94. The molecule has 1 saturated heterocycles. The van der Waals surface area contributed by atoms with E-state index in [1.807, 2.05) is 6.92 Å². The molecule has 114 valence electrons. The molecule has 1 heterocycles. The second-order valence-corrected chi connectivity index (χ2v) is 5.34. The molecule has 1 aromatic carbocycles. The normalized spacial score (nSPS) is 21.6. The van der Waals surface area contributed by atoms with Crippen LogP contribution in [0, 0.1) is 6.92 Å². The molecule has 0 aliphatic carbocycles. The molecular weight excluding hydrogens is 272 g/mol. The monoisotopic (exact) mass is 292 g/mol. The Morgan fingerprint density at radius 2 is 2.14 bits per heavy atom. The summed E-state index contributed by atoms with van der Waals surface area (Å²) in [5.74, 6) is -0.981. The van der Waals surface area contributed by atoms with Crippen LogP contribution in [-0.4, -0.2) is 35.9 Å². The predicted molar refractivity (Wildman–Crippen MR) is 78.7 cm³/mol. The number of urea groups is 1. The molecule has 0 bridgehead atoms. The number of rotatable bonds is 3. The Bertz CT molecular complexity index is 544. The van der Waals surface area contributed by atoms with Crippen LogP contribution in [0.25, 0.3) is 0 Å². The van der Waals surface area contributed by atoms with Crippen molar-refractivity contribution in [1.82, 2.24) is 5.32 Å². The first-order chi connectivity index (χ1) is 9.95. The molecule has 2 unspecified atom stereocenters. The van der Waals surface area contributed by atoms with E-state index in [2.05, 4.69) is 10.6 Å². The maximum atomic E-state index is 12.0. The van der Waals surface area contributed by atoms with Crippen molar-refractivity contribution in [2.45, 2.75) is 38.8 Å². The summed E-state index contributed by atoms with van der Waals surface area (Å²) in [6.45, 7) is 4.40. The summed E-state index contributed by atoms with van der Waals surface area (Å²) >= 11 is 0. The van der Waals surface area contributed by atoms with Crippen molar-refractivity contribution in [3.05, 3.63) is 29.3 Å². The van der Waals surface area contributed by atoms with Gasteiger partial charge in [-0.25, -0.2) is 9.59 Å². The van der Waals surface area contributed by atoms with Gasteiger partial charge in [0.05, 0.1) is 11.7 Å². The van der Waals surface area contributed by atoms with E-state index in [0.29, 0.717) is 17.9 Å². The van der Waals surface area contributed by atoms with Gasteiger partial charge in [-0.2, -0.15) is 0 Å². The van der Waals surface area contributed by atoms with Crippen molar-refractivity contribution < 1.29 is 19.4 Å². The first-order valence-corrected chi connectivity index (χ1v) is 6.99. The largest absolute Gasteiger partial charge is 0.478 e. The number of nitrogens with one attached hydrogen (secondary N) is 2. The lowest BCUT2D eigenvalue weighted by molar-refractivity contribution is 0.0157. The fourth-order valence-electron chi connectivity index (χ4n) is 2.41. The summed E-state index contributed by atoms with van der Waals surface area (Å²) in [5, 5.41) is 14.6. The number of carbonyl (C=O) groups is 2. The van der Waals surface area contributed by atoms with E-state index in [1.54, 1.807) is 13.0 Å². The van der Waals surface area contributed by atoms with Gasteiger partial charge in [0.25, 0.3) is 0 Å². The zero-order valence-electron chi connectivity index (χ0n) is 12.2. The molecule has 6 heteroatoms. The van der Waals surface area contributed by atoms with Gasteiger partial charge in [-0.05, 0) is 50.5 Å². The number of anilines is 1. The summed E-state index contributed by atoms with van der Waals surface area (Å²) in [6.07, 6.45) is 1.75. The highest BCUT2D eigenvalue weighted by molar-refractivity contribution is 5.92. The zero-order chi connectivity index (χ0) is 15.4. The first kappa shape index (κ1) is 15.3. The Hall–Kier alpha value is -2.08. The van der Waals surface area contributed by atoms with Crippen LogP contribution in [0.2, 0.25) is 0 Å². The highest BCUT2D eigenvalue weighted by Gasteiger charge is 2.21. The molecule has 0 spiro atoms. The van der Waals surface area contributed by atoms with Crippen molar-refractivity contribution in [1.29, 1.82) is 0 Å². The molecule has 2 rings (SSSR count). The van der Waals surface area contributed by atoms with Crippen LogP contribution in [0.5, 0.6) is 0 Å². The summed E-state index contributed by atoms with van der Waals surface area (Å²) in [7, 11) is 0. The lowest BCUT2D eigenvalue weighted by Gasteiger charge is -2.28. The topological polar surface area (TPSA) is 87.7 Å². The quantitative estimate of drug-likeness (QED) is 0.798. The second kappa shape index (κ2) is 6.58. The average molecular weight is 292 g/mol. The molecule has 21 heavy (non-hydrogen) atoms. The molecule has 0 radical (unpaired) electrons. The number of aromatic carboxylic acids is 1. The number of carboxylic acid groups (broad SMARTS) is 1. The van der Waals surface area contributed by atoms with Crippen molar-refractivity contribution >= 4 is 17.7 Å². The number of carbonyl (C=O) groups excluding carboxylic acids is 1. The van der Waals surface area contributed by atoms with Crippen LogP contribution in [0.15, 0.2) is 18.2 Å². The van der Waals surface area contributed by atoms with E-state index in [0.717, 1.165) is 12.8 Å². The van der Waals surface area contributed by atoms with Crippen molar-refractivity contribution in [2.24, 2.45) is 0 Å². The van der Waals surface area contributed by atoms with Crippen LogP contribution >= 0.6 is 0 Å². The van der Waals surface area contributed by atoms with Crippen LogP contribution in [-0.2, 0) is 4.74 Å². The third-order valence-electron chi connectivity index (χ3n) is 3.54. The van der Waals surface area contributed by atoms with E-state index in [9.17, 15) is 9.59 Å². The zero-order valence-corrected chi connectivity index (χ0v) is 12.2. The standard InChI is InChI=1S/C15H20N2O4/c1-9-7-11(14(18)19)3-4-13(9)17-15(20)16-12-5-6-21-10(2)8-12/h3-4,7,10,12H,5-6,8H2,1-2H3,(H,18,19)(H2,16,17,20). The number of ether oxygens (including phenoxy) is 1. The van der Waals surface area contributed by atoms with Crippen LogP contribution in [0.4, 0.5) is 10.5 Å². The third kappa shape index (κ3) is 4.19. The molecule has 1 aromatic rings. The van der Waals surface area contributed by atoms with E-state index in [1.165, 1.54) is 12.1 Å². The van der Waals surface area contributed by atoms with Crippen LogP contribution in [0.1, 0.15) is 35.7 Å². The summed E-state index contributed by atoms with van der Waals surface area (Å²) in [5.41, 5.74) is 1.53. The Kier molecular flexibility index (Phi) is 4.80. The van der Waals surface area contributed by atoms with Gasteiger partial charge in [0.15, 0.2) is 0 Å². The van der Waals surface area contributed by atoms with Gasteiger partial charge in [0.1, 0.15) is 0 Å². The van der Waals surface area contributed by atoms with Gasteiger partial charge in [0.2, 0.25) is 0 Å². The smallest absolute Gasteiger partial charge is 0.335 e. The number of aryl methyl sites for hydroxylation is 1. The fraction of sp³-hybridized carbons (Fsp3) is 0.467. The van der Waals surface area contributed by atoms with Crippen molar-refractivity contribution in [3.63, 3.8) is 0 Å². The van der Waals surface area contributed by atoms with Crippen molar-refractivity contribution in [2.75, 3.05) is 11.9 Å². The Labute approximate surface area is 123 Å². The molecule has 1 fully saturated rings. The van der Waals surface area contributed by atoms with E-state index < -0.39 is 5.97 Å². The second-order valence-electron chi connectivity index (χ2n) is 5.34. The third-order valence-corrected chi connectivity index (χ3v) is 3.54. The SMILES string of the molecule is Cc1cc(C(=O)O)ccc1NC(=O)NC1CCOC(C)C1. The summed E-state index contributed by atoms with van der Waals surface area (Å²) < 4.78 is 5.44. The average Bonchev–Trinajstić information content (AvgIpc) is 2.40. The molecule has 2 atom stereocenters. The maximum absolute atomic E-state index is 12.0. The molecule has 3 N–H and O–H groups in total. The van der Waals surface area contributed by atoms with Crippen molar-refractivity contribution in [3.8, 4) is 0 Å². The first-order valence-electron chi connectivity index (χ1n) is 6.99. The minimum absolute atomic E-state index is 0.104. The van der Waals surface area contributed by atoms with Crippen LogP contribution < -0.4 is 10.6 Å². The highest BCUT2D eigenvalue weighted by Crippen LogP contribution is 2.17. The lowest BCUT2D eigenvalue weighted by atomic mass is 10.0. The maximum Gasteiger partial charge on any atom is 0.335 e. The Morgan fingerprint density at radius 3 is 2.76 bits per heavy atom. The minimum Gasteiger partial charge on any atom is -0.478 e. The molecule has 1 aliphatic rings. The van der Waals surface area contributed by atoms with Gasteiger partial charge in [-0.3, -0.25) is 0 Å². The van der Waals surface area contributed by atoms with Gasteiger partial charge >= 0.3 is 12.0 Å². The minimum atomic E-state index is -0.981. The number of carboxylic acids is 1. The number of amides is 2. The summed E-state index contributed by atoms with van der Waals surface area (Å²) in [6, 6.07) is 4.44. The molecular formula is C15H20N2O4. The molecule has 6 nitrogen and oxygen atoms in total. The number of hydrogen-bond donors (Lipinski definition) is 3. The van der Waals surface area contributed by atoms with E-state index in [4.69, 9.17) is 9.84 Å². The molecule has 1 aliphatic heterocycles.